The van der Waals surface area contributed by atoms with Crippen LogP contribution >= 0.6 is 0 Å². The third-order valence-electron chi connectivity index (χ3n) is 5.23. The van der Waals surface area contributed by atoms with Gasteiger partial charge in [0.2, 0.25) is 10.0 Å². The van der Waals surface area contributed by atoms with E-state index in [1.165, 1.54) is 12.5 Å². The number of amides is 1. The van der Waals surface area contributed by atoms with Gasteiger partial charge in [0.25, 0.3) is 5.91 Å². The number of carbonyl (C=O) groups is 1. The predicted molar refractivity (Wildman–Crippen MR) is 99.7 cm³/mol. The molecular weight excluding hydrogens is 352 g/mol. The summed E-state index contributed by atoms with van der Waals surface area (Å²) in [4.78, 5) is 12.8. The minimum absolute atomic E-state index is 0.0655. The second-order valence-corrected chi connectivity index (χ2v) is 9.04. The maximum absolute atomic E-state index is 12.6. The van der Waals surface area contributed by atoms with E-state index in [4.69, 9.17) is 4.74 Å². The number of ether oxygens (including phenoxy) is 1. The van der Waals surface area contributed by atoms with Gasteiger partial charge in [0.1, 0.15) is 0 Å². The molecule has 0 radical (unpaired) electrons. The Morgan fingerprint density at radius 2 is 1.92 bits per heavy atom. The molecule has 0 aromatic heterocycles. The summed E-state index contributed by atoms with van der Waals surface area (Å²) in [5.74, 6) is -0.189. The van der Waals surface area contributed by atoms with Gasteiger partial charge in [-0.15, -0.1) is 0 Å². The van der Waals surface area contributed by atoms with Crippen molar-refractivity contribution in [2.24, 2.45) is 0 Å². The van der Waals surface area contributed by atoms with Crippen LogP contribution in [0.5, 0.6) is 0 Å². The zero-order chi connectivity index (χ0) is 18.6. The Bertz CT molecular complexity index is 736. The van der Waals surface area contributed by atoms with Gasteiger partial charge in [-0.2, -0.15) is 0 Å². The molecule has 144 valence electrons. The summed E-state index contributed by atoms with van der Waals surface area (Å²) in [5, 5.41) is 3.06. The lowest BCUT2D eigenvalue weighted by molar-refractivity contribution is 0.0927. The fourth-order valence-corrected chi connectivity index (χ4v) is 4.71. The first-order valence-electron chi connectivity index (χ1n) is 9.48. The normalized spacial score (nSPS) is 21.7. The number of nitrogens with one attached hydrogen (secondary N) is 2. The Balaban J connectivity index is 1.70. The molecule has 2 fully saturated rings. The van der Waals surface area contributed by atoms with Crippen LogP contribution < -0.4 is 10.0 Å². The summed E-state index contributed by atoms with van der Waals surface area (Å²) in [6.45, 7) is 2.77. The summed E-state index contributed by atoms with van der Waals surface area (Å²) >= 11 is 0. The van der Waals surface area contributed by atoms with Crippen molar-refractivity contribution in [3.8, 4) is 0 Å². The second-order valence-electron chi connectivity index (χ2n) is 7.27. The number of carbonyl (C=O) groups excluding carboxylic acids is 1. The third-order valence-corrected chi connectivity index (χ3v) is 6.65. The number of sulfonamides is 1. The van der Waals surface area contributed by atoms with E-state index in [-0.39, 0.29) is 29.5 Å². The van der Waals surface area contributed by atoms with Crippen LogP contribution in [-0.2, 0) is 14.8 Å². The molecular formula is C19H28N2O4S. The largest absolute Gasteiger partial charge is 0.377 e. The predicted octanol–water partition coefficient (Wildman–Crippen LogP) is 2.51. The van der Waals surface area contributed by atoms with E-state index < -0.39 is 10.0 Å². The molecule has 0 spiro atoms. The Hall–Kier alpha value is -1.44. The fourth-order valence-electron chi connectivity index (χ4n) is 3.61. The lowest BCUT2D eigenvalue weighted by Gasteiger charge is -2.23. The maximum atomic E-state index is 12.6. The van der Waals surface area contributed by atoms with Crippen molar-refractivity contribution < 1.29 is 17.9 Å². The lowest BCUT2D eigenvalue weighted by Crippen LogP contribution is -2.36. The van der Waals surface area contributed by atoms with E-state index in [0.29, 0.717) is 12.2 Å². The molecule has 26 heavy (non-hydrogen) atoms. The van der Waals surface area contributed by atoms with Gasteiger partial charge in [0, 0.05) is 24.8 Å². The number of benzene rings is 1. The summed E-state index contributed by atoms with van der Waals surface area (Å²) in [5.41, 5.74) is 1.20. The molecule has 1 aromatic rings. The van der Waals surface area contributed by atoms with Crippen molar-refractivity contribution in [3.63, 3.8) is 0 Å². The van der Waals surface area contributed by atoms with Crippen LogP contribution in [0.25, 0.3) is 0 Å². The average molecular weight is 381 g/mol. The highest BCUT2D eigenvalue weighted by Crippen LogP contribution is 2.20. The number of aryl methyl sites for hydroxylation is 1. The van der Waals surface area contributed by atoms with Crippen molar-refractivity contribution in [2.75, 3.05) is 13.2 Å². The molecule has 3 rings (SSSR count). The van der Waals surface area contributed by atoms with Gasteiger partial charge in [0.05, 0.1) is 11.0 Å². The van der Waals surface area contributed by atoms with Gasteiger partial charge >= 0.3 is 0 Å². The first-order chi connectivity index (χ1) is 12.5. The molecule has 1 atom stereocenters. The Kier molecular flexibility index (Phi) is 6.32. The molecule has 0 unspecified atom stereocenters. The van der Waals surface area contributed by atoms with Crippen LogP contribution in [0.3, 0.4) is 0 Å². The quantitative estimate of drug-likeness (QED) is 0.794. The molecule has 1 aromatic carbocycles. The van der Waals surface area contributed by atoms with Crippen molar-refractivity contribution >= 4 is 15.9 Å². The van der Waals surface area contributed by atoms with Crippen LogP contribution in [0, 0.1) is 6.92 Å². The maximum Gasteiger partial charge on any atom is 0.251 e. The van der Waals surface area contributed by atoms with E-state index >= 15 is 0 Å². The molecule has 1 saturated carbocycles. The van der Waals surface area contributed by atoms with E-state index in [1.807, 2.05) is 6.92 Å². The van der Waals surface area contributed by atoms with Crippen LogP contribution in [0.4, 0.5) is 0 Å². The van der Waals surface area contributed by atoms with Gasteiger partial charge < -0.3 is 10.1 Å². The van der Waals surface area contributed by atoms with Crippen molar-refractivity contribution in [3.05, 3.63) is 29.3 Å². The molecule has 0 bridgehead atoms. The number of rotatable bonds is 6. The summed E-state index contributed by atoms with van der Waals surface area (Å²) < 4.78 is 33.2. The fraction of sp³-hybridized carbons (Fsp3) is 0.632. The van der Waals surface area contributed by atoms with Crippen molar-refractivity contribution in [1.82, 2.24) is 10.0 Å². The highest BCUT2D eigenvalue weighted by Gasteiger charge is 2.23. The molecule has 6 nitrogen and oxygen atoms in total. The van der Waals surface area contributed by atoms with Crippen LogP contribution in [0.15, 0.2) is 23.1 Å². The highest BCUT2D eigenvalue weighted by molar-refractivity contribution is 7.89. The van der Waals surface area contributed by atoms with Crippen molar-refractivity contribution in [1.29, 1.82) is 0 Å². The molecule has 1 heterocycles. The van der Waals surface area contributed by atoms with Gasteiger partial charge in [-0.1, -0.05) is 25.3 Å². The smallest absolute Gasteiger partial charge is 0.251 e. The molecule has 1 aliphatic carbocycles. The molecule has 1 saturated heterocycles. The zero-order valence-electron chi connectivity index (χ0n) is 15.3. The lowest BCUT2D eigenvalue weighted by atomic mass is 9.95. The number of hydrogen-bond acceptors (Lipinski definition) is 4. The molecule has 2 aliphatic rings. The molecule has 7 heteroatoms. The first-order valence-corrected chi connectivity index (χ1v) is 11.0. The zero-order valence-corrected chi connectivity index (χ0v) is 16.1. The summed E-state index contributed by atoms with van der Waals surface area (Å²) in [6, 6.07) is 4.90. The number of hydrogen-bond donors (Lipinski definition) is 2. The van der Waals surface area contributed by atoms with E-state index in [2.05, 4.69) is 10.0 Å². The minimum atomic E-state index is -3.66. The van der Waals surface area contributed by atoms with Gasteiger partial charge in [-0.3, -0.25) is 4.79 Å². The van der Waals surface area contributed by atoms with E-state index in [0.717, 1.165) is 44.1 Å². The molecule has 1 aliphatic heterocycles. The van der Waals surface area contributed by atoms with Gasteiger partial charge in [-0.25, -0.2) is 13.1 Å². The Morgan fingerprint density at radius 1 is 1.15 bits per heavy atom. The average Bonchev–Trinajstić information content (AvgIpc) is 3.15. The summed E-state index contributed by atoms with van der Waals surface area (Å²) in [7, 11) is -3.66. The van der Waals surface area contributed by atoms with Gasteiger partial charge in [0.15, 0.2) is 0 Å². The van der Waals surface area contributed by atoms with E-state index in [1.54, 1.807) is 12.1 Å². The van der Waals surface area contributed by atoms with Crippen LogP contribution in [-0.4, -0.2) is 39.6 Å². The van der Waals surface area contributed by atoms with Crippen LogP contribution in [0.1, 0.15) is 60.9 Å². The SMILES string of the molecule is Cc1ccc(S(=O)(=O)NC[C@@H]2CCCO2)cc1C(=O)NC1CCCCC1. The first kappa shape index (κ1) is 19.3. The minimum Gasteiger partial charge on any atom is -0.377 e. The van der Waals surface area contributed by atoms with E-state index in [9.17, 15) is 13.2 Å². The Morgan fingerprint density at radius 3 is 2.62 bits per heavy atom. The monoisotopic (exact) mass is 380 g/mol. The summed E-state index contributed by atoms with van der Waals surface area (Å²) in [6.07, 6.45) is 7.22. The topological polar surface area (TPSA) is 84.5 Å². The second kappa shape index (κ2) is 8.50. The standard InChI is InChI=1S/C19H28N2O4S/c1-14-9-10-17(26(23,24)20-13-16-8-5-11-25-16)12-18(14)19(22)21-15-6-3-2-4-7-15/h9-10,12,15-16,20H,2-8,11,13H2,1H3,(H,21,22)/t16-/m0/s1. The van der Waals surface area contributed by atoms with Crippen molar-refractivity contribution in [2.45, 2.75) is 68.9 Å². The third kappa shape index (κ3) is 4.84. The molecule has 1 amide bonds. The highest BCUT2D eigenvalue weighted by atomic mass is 32.2. The molecule has 2 N–H and O–H groups in total. The Labute approximate surface area is 155 Å². The van der Waals surface area contributed by atoms with Gasteiger partial charge in [-0.05, 0) is 50.3 Å². The van der Waals surface area contributed by atoms with Crippen LogP contribution in [0.2, 0.25) is 0 Å².